The molecule has 4 N–H and O–H groups in total. The number of hydrogen-bond donors (Lipinski definition) is 3. The van der Waals surface area contributed by atoms with Gasteiger partial charge in [-0.1, -0.05) is 18.8 Å². The van der Waals surface area contributed by atoms with Crippen molar-refractivity contribution in [2.24, 2.45) is 5.73 Å². The number of aryl methyl sites for hydroxylation is 1. The second kappa shape index (κ2) is 6.60. The van der Waals surface area contributed by atoms with Crippen molar-refractivity contribution in [1.82, 2.24) is 4.98 Å². The van der Waals surface area contributed by atoms with Crippen molar-refractivity contribution < 1.29 is 4.79 Å². The minimum absolute atomic E-state index is 0.148. The number of nitrogens with one attached hydrogen (secondary N) is 2. The number of hydrogen-bond acceptors (Lipinski definition) is 2. The van der Waals surface area contributed by atoms with Gasteiger partial charge in [-0.15, -0.1) is 0 Å². The van der Waals surface area contributed by atoms with Crippen molar-refractivity contribution in [3.8, 4) is 11.8 Å². The van der Waals surface area contributed by atoms with Gasteiger partial charge < -0.3 is 16.0 Å². The van der Waals surface area contributed by atoms with Crippen molar-refractivity contribution in [1.29, 1.82) is 0 Å². The number of carbonyl (C=O) groups is 1. The molecule has 1 heterocycles. The first-order valence-electron chi connectivity index (χ1n) is 6.51. The Morgan fingerprint density at radius 2 is 2.25 bits per heavy atom. The highest BCUT2D eigenvalue weighted by atomic mass is 16.1. The monoisotopic (exact) mass is 267 g/mol. The summed E-state index contributed by atoms with van der Waals surface area (Å²) in [5.41, 5.74) is 8.67. The van der Waals surface area contributed by atoms with Crippen LogP contribution in [0.4, 0.5) is 5.69 Å². The molecule has 4 nitrogen and oxygen atoms in total. The Kier molecular flexibility index (Phi) is 4.59. The van der Waals surface area contributed by atoms with E-state index in [9.17, 15) is 4.79 Å². The number of H-pyrrole nitrogens is 1. The molecular formula is C16H17N3O. The third-order valence-electron chi connectivity index (χ3n) is 2.91. The molecule has 0 aliphatic heterocycles. The predicted octanol–water partition coefficient (Wildman–Crippen LogP) is 2.14. The van der Waals surface area contributed by atoms with Gasteiger partial charge in [-0.2, -0.15) is 0 Å². The van der Waals surface area contributed by atoms with Crippen molar-refractivity contribution in [2.75, 3.05) is 11.9 Å². The molecule has 0 unspecified atom stereocenters. The summed E-state index contributed by atoms with van der Waals surface area (Å²) >= 11 is 0. The molecule has 0 saturated carbocycles. The molecule has 0 saturated heterocycles. The SMILES string of the molecule is CCc1cc(C#CCN)ccc1NC(=O)c1ccc[nH]1. The van der Waals surface area contributed by atoms with Crippen LogP contribution in [0.25, 0.3) is 0 Å². The number of nitrogens with two attached hydrogens (primary N) is 1. The van der Waals surface area contributed by atoms with E-state index in [2.05, 4.69) is 22.1 Å². The fourth-order valence-corrected chi connectivity index (χ4v) is 1.90. The van der Waals surface area contributed by atoms with Crippen molar-refractivity contribution >= 4 is 11.6 Å². The van der Waals surface area contributed by atoms with Gasteiger partial charge in [0.05, 0.1) is 6.54 Å². The number of benzene rings is 1. The van der Waals surface area contributed by atoms with Crippen molar-refractivity contribution in [3.63, 3.8) is 0 Å². The molecule has 20 heavy (non-hydrogen) atoms. The number of aromatic amines is 1. The summed E-state index contributed by atoms with van der Waals surface area (Å²) in [5, 5.41) is 2.90. The molecule has 0 spiro atoms. The van der Waals surface area contributed by atoms with E-state index in [1.165, 1.54) is 0 Å². The number of anilines is 1. The Hall–Kier alpha value is -2.51. The summed E-state index contributed by atoms with van der Waals surface area (Å²) in [6, 6.07) is 9.27. The zero-order chi connectivity index (χ0) is 14.4. The fourth-order valence-electron chi connectivity index (χ4n) is 1.90. The molecule has 1 amide bonds. The van der Waals surface area contributed by atoms with Crippen LogP contribution >= 0.6 is 0 Å². The first kappa shape index (κ1) is 13.9. The summed E-state index contributed by atoms with van der Waals surface area (Å²) in [7, 11) is 0. The summed E-state index contributed by atoms with van der Waals surface area (Å²) in [4.78, 5) is 14.9. The van der Waals surface area contributed by atoms with Gasteiger partial charge in [-0.25, -0.2) is 0 Å². The average Bonchev–Trinajstić information content (AvgIpc) is 3.00. The lowest BCUT2D eigenvalue weighted by Crippen LogP contribution is -2.13. The van der Waals surface area contributed by atoms with Gasteiger partial charge >= 0.3 is 0 Å². The van der Waals surface area contributed by atoms with Crippen LogP contribution in [0.5, 0.6) is 0 Å². The maximum absolute atomic E-state index is 12.0. The predicted molar refractivity (Wildman–Crippen MR) is 80.5 cm³/mol. The van der Waals surface area contributed by atoms with Crippen LogP contribution in [0.3, 0.4) is 0 Å². The van der Waals surface area contributed by atoms with Gasteiger partial charge in [0, 0.05) is 17.4 Å². The average molecular weight is 267 g/mol. The first-order valence-corrected chi connectivity index (χ1v) is 6.51. The second-order valence-electron chi connectivity index (χ2n) is 4.27. The van der Waals surface area contributed by atoms with Gasteiger partial charge in [0.25, 0.3) is 5.91 Å². The summed E-state index contributed by atoms with van der Waals surface area (Å²) in [6.07, 6.45) is 2.54. The minimum atomic E-state index is -0.148. The van der Waals surface area contributed by atoms with Crippen LogP contribution < -0.4 is 11.1 Å². The third kappa shape index (κ3) is 3.28. The van der Waals surface area contributed by atoms with Gasteiger partial charge in [0.1, 0.15) is 5.69 Å². The Morgan fingerprint density at radius 1 is 1.40 bits per heavy atom. The summed E-state index contributed by atoms with van der Waals surface area (Å²) < 4.78 is 0. The van der Waals surface area contributed by atoms with Crippen LogP contribution in [0.1, 0.15) is 28.5 Å². The van der Waals surface area contributed by atoms with E-state index in [0.29, 0.717) is 12.2 Å². The first-order chi connectivity index (χ1) is 9.74. The van der Waals surface area contributed by atoms with Crippen LogP contribution in [0.2, 0.25) is 0 Å². The molecule has 1 aromatic carbocycles. The lowest BCUT2D eigenvalue weighted by molar-refractivity contribution is 0.102. The Morgan fingerprint density at radius 3 is 2.90 bits per heavy atom. The molecule has 102 valence electrons. The van der Waals surface area contributed by atoms with Crippen molar-refractivity contribution in [2.45, 2.75) is 13.3 Å². The Labute approximate surface area is 118 Å². The van der Waals surface area contributed by atoms with E-state index >= 15 is 0 Å². The molecule has 0 fully saturated rings. The van der Waals surface area contributed by atoms with Crippen LogP contribution in [-0.2, 0) is 6.42 Å². The van der Waals surface area contributed by atoms with E-state index in [4.69, 9.17) is 5.73 Å². The van der Waals surface area contributed by atoms with Gasteiger partial charge in [-0.05, 0) is 42.3 Å². The molecule has 0 aliphatic carbocycles. The highest BCUT2D eigenvalue weighted by Crippen LogP contribution is 2.18. The largest absolute Gasteiger partial charge is 0.357 e. The third-order valence-corrected chi connectivity index (χ3v) is 2.91. The molecule has 4 heteroatoms. The van der Waals surface area contributed by atoms with Gasteiger partial charge in [0.15, 0.2) is 0 Å². The number of aromatic nitrogens is 1. The van der Waals surface area contributed by atoms with Crippen molar-refractivity contribution in [3.05, 3.63) is 53.3 Å². The van der Waals surface area contributed by atoms with Gasteiger partial charge in [-0.3, -0.25) is 4.79 Å². The van der Waals surface area contributed by atoms with Crippen LogP contribution in [-0.4, -0.2) is 17.4 Å². The highest BCUT2D eigenvalue weighted by Gasteiger charge is 2.09. The number of rotatable bonds is 3. The molecule has 2 aromatic rings. The fraction of sp³-hybridized carbons (Fsp3) is 0.188. The number of carbonyl (C=O) groups excluding carboxylic acids is 1. The molecule has 1 aromatic heterocycles. The quantitative estimate of drug-likeness (QED) is 0.746. The topological polar surface area (TPSA) is 70.9 Å². The van der Waals surface area contributed by atoms with E-state index in [1.807, 2.05) is 25.1 Å². The highest BCUT2D eigenvalue weighted by molar-refractivity contribution is 6.03. The van der Waals surface area contributed by atoms with Crippen LogP contribution in [0.15, 0.2) is 36.5 Å². The zero-order valence-electron chi connectivity index (χ0n) is 11.4. The lowest BCUT2D eigenvalue weighted by atomic mass is 10.1. The minimum Gasteiger partial charge on any atom is -0.357 e. The maximum atomic E-state index is 12.0. The van der Waals surface area contributed by atoms with E-state index in [0.717, 1.165) is 23.2 Å². The molecular weight excluding hydrogens is 250 g/mol. The normalized spacial score (nSPS) is 9.70. The van der Waals surface area contributed by atoms with Crippen LogP contribution in [0, 0.1) is 11.8 Å². The summed E-state index contributed by atoms with van der Waals surface area (Å²) in [6.45, 7) is 2.38. The Bertz CT molecular complexity index is 648. The van der Waals surface area contributed by atoms with E-state index in [-0.39, 0.29) is 5.91 Å². The Balaban J connectivity index is 2.21. The molecule has 0 radical (unpaired) electrons. The summed E-state index contributed by atoms with van der Waals surface area (Å²) in [5.74, 6) is 5.67. The lowest BCUT2D eigenvalue weighted by Gasteiger charge is -2.09. The standard InChI is InChI=1S/C16H17N3O/c1-2-13-11-12(5-3-9-17)7-8-14(13)19-16(20)15-6-4-10-18-15/h4,6-8,10-11,18H,2,9,17H2,1H3,(H,19,20). The number of amides is 1. The van der Waals surface area contributed by atoms with Gasteiger partial charge in [0.2, 0.25) is 0 Å². The van der Waals surface area contributed by atoms with E-state index < -0.39 is 0 Å². The smallest absolute Gasteiger partial charge is 0.272 e. The molecule has 0 bridgehead atoms. The molecule has 2 rings (SSSR count). The zero-order valence-corrected chi connectivity index (χ0v) is 11.4. The van der Waals surface area contributed by atoms with E-state index in [1.54, 1.807) is 18.3 Å². The maximum Gasteiger partial charge on any atom is 0.272 e. The molecule has 0 aliphatic rings. The molecule has 0 atom stereocenters. The second-order valence-corrected chi connectivity index (χ2v) is 4.27.